The van der Waals surface area contributed by atoms with Gasteiger partial charge in [0.15, 0.2) is 0 Å². The molecule has 0 saturated carbocycles. The predicted octanol–water partition coefficient (Wildman–Crippen LogP) is -1.44. The molecule has 0 atom stereocenters. The molecule has 1 heterocycles. The van der Waals surface area contributed by atoms with Crippen molar-refractivity contribution in [3.63, 3.8) is 0 Å². The van der Waals surface area contributed by atoms with E-state index in [1.54, 1.807) is 0 Å². The van der Waals surface area contributed by atoms with Crippen molar-refractivity contribution in [3.05, 3.63) is 29.4 Å². The predicted molar refractivity (Wildman–Crippen MR) is 28.8 cm³/mol. The van der Waals surface area contributed by atoms with Crippen LogP contribution in [0.2, 0.25) is 0 Å². The molecule has 0 amide bonds. The number of halogens is 3. The Morgan fingerprint density at radius 3 is 2.30 bits per heavy atom. The van der Waals surface area contributed by atoms with Crippen LogP contribution < -0.4 is 51.4 Å². The summed E-state index contributed by atoms with van der Waals surface area (Å²) in [7, 11) is 0. The Hall–Kier alpha value is 0.841. The molecular weight excluding hydrogens is 167 g/mol. The molecule has 0 bridgehead atoms. The Balaban J connectivity index is 0. The van der Waals surface area contributed by atoms with Gasteiger partial charge in [0.1, 0.15) is 0 Å². The zero-order chi connectivity index (χ0) is 6.85. The van der Waals surface area contributed by atoms with Gasteiger partial charge in [0.05, 0.1) is 0 Å². The zero-order valence-electron chi connectivity index (χ0n) is 6.37. The minimum atomic E-state index is -1.42. The first-order chi connectivity index (χ1) is 4.22. The van der Waals surface area contributed by atoms with Crippen LogP contribution in [0.25, 0.3) is 0 Å². The molecule has 1 aromatic heterocycles. The van der Waals surface area contributed by atoms with E-state index in [9.17, 15) is 13.2 Å². The number of rotatable bonds is 0. The van der Waals surface area contributed by atoms with Crippen LogP contribution in [0, 0.1) is 17.3 Å². The smallest absolute Gasteiger partial charge is 1.00 e. The molecule has 0 radical (unpaired) electrons. The van der Waals surface area contributed by atoms with E-state index < -0.39 is 17.3 Å². The molecule has 1 rings (SSSR count). The summed E-state index contributed by atoms with van der Waals surface area (Å²) in [6, 6.07) is 0.860. The fourth-order valence-corrected chi connectivity index (χ4v) is 0.477. The third kappa shape index (κ3) is 2.47. The summed E-state index contributed by atoms with van der Waals surface area (Å²) in [6.45, 7) is 0.860. The molecular formula is C5H3BF3K. The van der Waals surface area contributed by atoms with Crippen LogP contribution in [0.5, 0.6) is 0 Å². The number of hydrogen-bond acceptors (Lipinski definition) is 0. The molecule has 1 aromatic rings. The van der Waals surface area contributed by atoms with Crippen LogP contribution in [0.3, 0.4) is 0 Å². The average molecular weight is 170 g/mol. The maximum atomic E-state index is 12.0. The molecule has 0 aliphatic carbocycles. The fraction of sp³-hybridized carbons (Fsp3) is 0. The Morgan fingerprint density at radius 2 is 1.90 bits per heavy atom. The molecule has 48 valence electrons. The molecule has 5 heteroatoms. The summed E-state index contributed by atoms with van der Waals surface area (Å²) in [5.74, 6) is -1.47. The SMILES string of the molecule is Fc1bccc(F)c1F.[H-].[K+]. The van der Waals surface area contributed by atoms with Gasteiger partial charge in [-0.2, -0.15) is 0 Å². The van der Waals surface area contributed by atoms with Crippen molar-refractivity contribution in [2.75, 3.05) is 0 Å². The Morgan fingerprint density at radius 1 is 1.30 bits per heavy atom. The second-order valence-corrected chi connectivity index (χ2v) is 1.54. The quantitative estimate of drug-likeness (QED) is 0.418. The first-order valence-electron chi connectivity index (χ1n) is 2.31. The normalized spacial score (nSPS) is 8.30. The third-order valence-electron chi connectivity index (χ3n) is 0.904. The third-order valence-corrected chi connectivity index (χ3v) is 0.904. The topological polar surface area (TPSA) is 0 Å². The van der Waals surface area contributed by atoms with Crippen molar-refractivity contribution < 1.29 is 66.0 Å². The van der Waals surface area contributed by atoms with Crippen LogP contribution in [0.1, 0.15) is 1.43 Å². The van der Waals surface area contributed by atoms with Crippen molar-refractivity contribution in [1.82, 2.24) is 0 Å². The maximum Gasteiger partial charge on any atom is 1.00 e. The fourth-order valence-electron chi connectivity index (χ4n) is 0.477. The van der Waals surface area contributed by atoms with Gasteiger partial charge in [-0.25, -0.2) is 0 Å². The molecule has 0 nitrogen and oxygen atoms in total. The molecule has 0 N–H and O–H groups in total. The van der Waals surface area contributed by atoms with Crippen LogP contribution in [-0.2, 0) is 0 Å². The summed E-state index contributed by atoms with van der Waals surface area (Å²) >= 11 is 0. The van der Waals surface area contributed by atoms with Crippen LogP contribution >= 0.6 is 0 Å². The van der Waals surface area contributed by atoms with Crippen molar-refractivity contribution in [2.45, 2.75) is 0 Å². The summed E-state index contributed by atoms with van der Waals surface area (Å²) < 4.78 is 35.9. The van der Waals surface area contributed by atoms with E-state index in [-0.39, 0.29) is 52.8 Å². The van der Waals surface area contributed by atoms with Gasteiger partial charge in [-0.1, -0.05) is 0 Å². The van der Waals surface area contributed by atoms with Gasteiger partial charge in [-0.3, -0.25) is 0 Å². The molecule has 0 aliphatic rings. The molecule has 0 fully saturated rings. The first-order valence-corrected chi connectivity index (χ1v) is 2.31. The Labute approximate surface area is 101 Å². The van der Waals surface area contributed by atoms with Gasteiger partial charge in [0.25, 0.3) is 0 Å². The molecule has 0 unspecified atom stereocenters. The van der Waals surface area contributed by atoms with E-state index in [0.29, 0.717) is 0 Å². The van der Waals surface area contributed by atoms with E-state index in [1.807, 2.05) is 0 Å². The van der Waals surface area contributed by atoms with Gasteiger partial charge >= 0.3 is 101 Å². The Bertz CT molecular complexity index is 213. The number of hydrogen-bond donors (Lipinski definition) is 0. The Kier molecular flexibility index (Phi) is 5.06. The maximum absolute atomic E-state index is 12.0. The summed E-state index contributed by atoms with van der Waals surface area (Å²) in [6.07, 6.45) is 0. The largest absolute Gasteiger partial charge is 1.00 e. The second-order valence-electron chi connectivity index (χ2n) is 1.54. The van der Waals surface area contributed by atoms with Crippen molar-refractivity contribution in [1.29, 1.82) is 0 Å². The molecule has 0 saturated heterocycles. The summed E-state index contributed by atoms with van der Waals surface area (Å²) in [5.41, 5.74) is -1.16. The van der Waals surface area contributed by atoms with E-state index in [1.165, 1.54) is 0 Å². The summed E-state index contributed by atoms with van der Waals surface area (Å²) in [4.78, 5) is 0. The molecule has 0 aromatic carbocycles. The van der Waals surface area contributed by atoms with E-state index >= 15 is 0 Å². The molecule has 0 spiro atoms. The molecule has 0 aliphatic heterocycles. The van der Waals surface area contributed by atoms with Gasteiger partial charge in [0.2, 0.25) is 0 Å². The van der Waals surface area contributed by atoms with Gasteiger partial charge in [-0.15, -0.1) is 0 Å². The van der Waals surface area contributed by atoms with E-state index in [4.69, 9.17) is 0 Å². The minimum Gasteiger partial charge on any atom is -1.00 e. The van der Waals surface area contributed by atoms with E-state index in [2.05, 4.69) is 0 Å². The van der Waals surface area contributed by atoms with Crippen LogP contribution in [0.4, 0.5) is 13.2 Å². The van der Waals surface area contributed by atoms with Gasteiger partial charge < -0.3 is 1.43 Å². The summed E-state index contributed by atoms with van der Waals surface area (Å²) in [5, 5.41) is 0. The zero-order valence-corrected chi connectivity index (χ0v) is 8.49. The standard InChI is InChI=1S/C5H2BF3.K.H/c7-3-1-2-6-5(9)4(3)8;;/h1-2H;;/q;+1;-1. The van der Waals surface area contributed by atoms with Crippen molar-refractivity contribution >= 4 is 6.91 Å². The van der Waals surface area contributed by atoms with Crippen molar-refractivity contribution in [2.24, 2.45) is 0 Å². The van der Waals surface area contributed by atoms with Crippen LogP contribution in [0.15, 0.2) is 12.0 Å². The first kappa shape index (κ1) is 10.8. The average Bonchev–Trinajstić information content (AvgIpc) is 1.83. The molecule has 10 heavy (non-hydrogen) atoms. The van der Waals surface area contributed by atoms with E-state index in [0.717, 1.165) is 18.9 Å². The minimum absolute atomic E-state index is 0. The second kappa shape index (κ2) is 4.67. The monoisotopic (exact) mass is 170 g/mol. The van der Waals surface area contributed by atoms with Crippen LogP contribution in [-0.4, -0.2) is 6.91 Å². The van der Waals surface area contributed by atoms with Crippen molar-refractivity contribution in [3.8, 4) is 0 Å². The van der Waals surface area contributed by atoms with Gasteiger partial charge in [0, 0.05) is 0 Å². The van der Waals surface area contributed by atoms with Gasteiger partial charge in [-0.05, 0) is 0 Å².